The van der Waals surface area contributed by atoms with Crippen LogP contribution in [0.25, 0.3) is 33.2 Å². The number of hydrogen-bond donors (Lipinski definition) is 2. The van der Waals surface area contributed by atoms with Crippen molar-refractivity contribution in [2.75, 3.05) is 56.2 Å². The van der Waals surface area contributed by atoms with Crippen molar-refractivity contribution < 1.29 is 18.7 Å². The average molecular weight is 566 g/mol. The fraction of sp³-hybridized carbons (Fsp3) is 0.353. The molecule has 3 heterocycles. The van der Waals surface area contributed by atoms with Gasteiger partial charge >= 0.3 is 0 Å². The lowest BCUT2D eigenvalue weighted by Gasteiger charge is -2.27. The van der Waals surface area contributed by atoms with E-state index in [0.29, 0.717) is 56.1 Å². The summed E-state index contributed by atoms with van der Waals surface area (Å²) in [7, 11) is 0. The lowest BCUT2D eigenvalue weighted by molar-refractivity contribution is -0.116. The Hall–Kier alpha value is -3.98. The molecule has 8 heteroatoms. The third-order valence-corrected chi connectivity index (χ3v) is 8.52. The standard InChI is InChI=1S/C34H35N3O5/c38-30-20-32(37-14-17-40-18-15-37)42-34-26(8-3-9-27(30)34)25-10-11-29(33-24-7-2-1-5-22(24)19-28(25)33)36-31(39)12-13-35-21-23-6-4-16-41-23/h1-3,5,7-11,20,23,35H,4,6,12-19,21H2,(H,36,39). The van der Waals surface area contributed by atoms with Crippen LogP contribution in [0.3, 0.4) is 0 Å². The van der Waals surface area contributed by atoms with Gasteiger partial charge in [-0.1, -0.05) is 42.5 Å². The maximum absolute atomic E-state index is 13.2. The molecule has 1 atom stereocenters. The Morgan fingerprint density at radius 2 is 1.81 bits per heavy atom. The average Bonchev–Trinajstić information content (AvgIpc) is 3.68. The number of carbonyl (C=O) groups excluding carboxylic acids is 1. The first-order chi connectivity index (χ1) is 20.7. The molecule has 4 aromatic rings. The number of amides is 1. The summed E-state index contributed by atoms with van der Waals surface area (Å²) < 4.78 is 17.6. The quantitative estimate of drug-likeness (QED) is 0.257. The monoisotopic (exact) mass is 565 g/mol. The van der Waals surface area contributed by atoms with E-state index in [1.165, 1.54) is 5.56 Å². The van der Waals surface area contributed by atoms with Gasteiger partial charge in [-0.15, -0.1) is 0 Å². The topological polar surface area (TPSA) is 93.0 Å². The Balaban J connectivity index is 1.22. The van der Waals surface area contributed by atoms with E-state index in [1.807, 2.05) is 42.5 Å². The van der Waals surface area contributed by atoms with Crippen LogP contribution in [-0.4, -0.2) is 58.0 Å². The number of para-hydroxylation sites is 1. The Morgan fingerprint density at radius 1 is 0.952 bits per heavy atom. The number of carbonyl (C=O) groups is 1. The second kappa shape index (κ2) is 11.7. The van der Waals surface area contributed by atoms with Crippen LogP contribution in [0.2, 0.25) is 0 Å². The Kier molecular flexibility index (Phi) is 7.50. The van der Waals surface area contributed by atoms with Gasteiger partial charge in [0.25, 0.3) is 0 Å². The molecule has 1 amide bonds. The van der Waals surface area contributed by atoms with Crippen molar-refractivity contribution in [3.8, 4) is 22.3 Å². The number of fused-ring (bicyclic) bond motifs is 4. The minimum absolute atomic E-state index is 0.0273. The zero-order valence-corrected chi connectivity index (χ0v) is 23.6. The van der Waals surface area contributed by atoms with Crippen molar-refractivity contribution in [3.63, 3.8) is 0 Å². The van der Waals surface area contributed by atoms with Gasteiger partial charge in [-0.25, -0.2) is 0 Å². The zero-order chi connectivity index (χ0) is 28.5. The fourth-order valence-corrected chi connectivity index (χ4v) is 6.40. The van der Waals surface area contributed by atoms with Crippen molar-refractivity contribution in [2.24, 2.45) is 0 Å². The van der Waals surface area contributed by atoms with Crippen molar-refractivity contribution in [3.05, 3.63) is 82.0 Å². The van der Waals surface area contributed by atoms with Crippen molar-refractivity contribution in [2.45, 2.75) is 31.8 Å². The molecule has 8 nitrogen and oxygen atoms in total. The zero-order valence-electron chi connectivity index (χ0n) is 23.6. The third kappa shape index (κ3) is 5.22. The maximum atomic E-state index is 13.2. The number of hydrogen-bond acceptors (Lipinski definition) is 7. The number of anilines is 2. The van der Waals surface area contributed by atoms with E-state index in [9.17, 15) is 9.59 Å². The lowest BCUT2D eigenvalue weighted by atomic mass is 9.93. The second-order valence-corrected chi connectivity index (χ2v) is 11.2. The smallest absolute Gasteiger partial charge is 0.225 e. The van der Waals surface area contributed by atoms with E-state index < -0.39 is 0 Å². The molecule has 2 N–H and O–H groups in total. The molecular formula is C34H35N3O5. The van der Waals surface area contributed by atoms with Gasteiger partial charge in [0.2, 0.25) is 5.91 Å². The molecule has 1 aliphatic carbocycles. The van der Waals surface area contributed by atoms with Crippen molar-refractivity contribution >= 4 is 28.4 Å². The number of nitrogens with zero attached hydrogens (tertiary/aromatic N) is 1. The number of benzene rings is 3. The van der Waals surface area contributed by atoms with Crippen molar-refractivity contribution in [1.29, 1.82) is 0 Å². The highest BCUT2D eigenvalue weighted by molar-refractivity contribution is 6.02. The van der Waals surface area contributed by atoms with Gasteiger partial charge in [-0.3, -0.25) is 9.59 Å². The molecule has 7 rings (SSSR count). The second-order valence-electron chi connectivity index (χ2n) is 11.2. The molecule has 0 spiro atoms. The summed E-state index contributed by atoms with van der Waals surface area (Å²) in [6.45, 7) is 4.78. The molecule has 2 saturated heterocycles. The highest BCUT2D eigenvalue weighted by atomic mass is 16.5. The number of nitrogens with one attached hydrogen (secondary N) is 2. The van der Waals surface area contributed by atoms with E-state index in [4.69, 9.17) is 13.9 Å². The summed E-state index contributed by atoms with van der Waals surface area (Å²) in [5.41, 5.74) is 7.70. The first-order valence-electron chi connectivity index (χ1n) is 14.9. The van der Waals surface area contributed by atoms with Gasteiger partial charge in [0.05, 0.1) is 24.7 Å². The van der Waals surface area contributed by atoms with Crippen LogP contribution in [0.4, 0.5) is 11.6 Å². The molecule has 1 unspecified atom stereocenters. The summed E-state index contributed by atoms with van der Waals surface area (Å²) >= 11 is 0. The summed E-state index contributed by atoms with van der Waals surface area (Å²) in [6.07, 6.45) is 3.55. The maximum Gasteiger partial charge on any atom is 0.225 e. The number of ether oxygens (including phenoxy) is 2. The molecular weight excluding hydrogens is 530 g/mol. The fourth-order valence-electron chi connectivity index (χ4n) is 6.40. The molecule has 0 radical (unpaired) electrons. The Bertz CT molecular complexity index is 1680. The molecule has 3 aromatic carbocycles. The van der Waals surface area contributed by atoms with Gasteiger partial charge < -0.3 is 29.4 Å². The van der Waals surface area contributed by atoms with E-state index in [-0.39, 0.29) is 17.4 Å². The molecule has 3 aliphatic rings. The number of rotatable bonds is 8. The first kappa shape index (κ1) is 26.9. The SMILES string of the molecule is O=C(CCNCC1CCCO1)Nc1ccc(-c2cccc3c(=O)cc(N4CCOCC4)oc23)c2c1-c1ccccc1C2. The van der Waals surface area contributed by atoms with Crippen LogP contribution in [0, 0.1) is 0 Å². The largest absolute Gasteiger partial charge is 0.440 e. The minimum Gasteiger partial charge on any atom is -0.440 e. The van der Waals surface area contributed by atoms with Gasteiger partial charge in [0.1, 0.15) is 5.58 Å². The predicted molar refractivity (Wildman–Crippen MR) is 164 cm³/mol. The van der Waals surface area contributed by atoms with Crippen LogP contribution < -0.4 is 21.0 Å². The van der Waals surface area contributed by atoms with Crippen LogP contribution in [0.1, 0.15) is 30.4 Å². The molecule has 2 fully saturated rings. The molecule has 1 aromatic heterocycles. The van der Waals surface area contributed by atoms with E-state index in [0.717, 1.165) is 65.9 Å². The lowest BCUT2D eigenvalue weighted by Crippen LogP contribution is -2.36. The Morgan fingerprint density at radius 3 is 2.67 bits per heavy atom. The normalized spacial score (nSPS) is 17.8. The van der Waals surface area contributed by atoms with Crippen LogP contribution in [-0.2, 0) is 20.7 Å². The molecule has 0 saturated carbocycles. The summed E-state index contributed by atoms with van der Waals surface area (Å²) in [5.74, 6) is 0.542. The highest BCUT2D eigenvalue weighted by Crippen LogP contribution is 2.47. The number of morpholine rings is 1. The van der Waals surface area contributed by atoms with Gasteiger partial charge in [-0.05, 0) is 53.6 Å². The molecule has 216 valence electrons. The third-order valence-electron chi connectivity index (χ3n) is 8.52. The van der Waals surface area contributed by atoms with Crippen LogP contribution >= 0.6 is 0 Å². The van der Waals surface area contributed by atoms with Gasteiger partial charge in [0.15, 0.2) is 11.3 Å². The molecule has 2 aliphatic heterocycles. The van der Waals surface area contributed by atoms with Gasteiger partial charge in [0, 0.05) is 62.1 Å². The Labute approximate surface area is 244 Å². The summed E-state index contributed by atoms with van der Waals surface area (Å²) in [5, 5.41) is 7.10. The summed E-state index contributed by atoms with van der Waals surface area (Å²) in [4.78, 5) is 28.3. The van der Waals surface area contributed by atoms with Crippen molar-refractivity contribution in [1.82, 2.24) is 5.32 Å². The van der Waals surface area contributed by atoms with E-state index in [2.05, 4.69) is 27.7 Å². The highest BCUT2D eigenvalue weighted by Gasteiger charge is 2.27. The first-order valence-corrected chi connectivity index (χ1v) is 14.9. The van der Waals surface area contributed by atoms with Gasteiger partial charge in [-0.2, -0.15) is 0 Å². The molecule has 0 bridgehead atoms. The molecule has 42 heavy (non-hydrogen) atoms. The predicted octanol–water partition coefficient (Wildman–Crippen LogP) is 4.97. The minimum atomic E-state index is -0.0588. The van der Waals surface area contributed by atoms with E-state index in [1.54, 1.807) is 6.07 Å². The summed E-state index contributed by atoms with van der Waals surface area (Å²) in [6, 6.07) is 19.7. The van der Waals surface area contributed by atoms with E-state index >= 15 is 0 Å². The van der Waals surface area contributed by atoms with Crippen LogP contribution in [0.15, 0.2) is 69.9 Å². The van der Waals surface area contributed by atoms with Crippen LogP contribution in [0.5, 0.6) is 0 Å².